The zero-order valence-electron chi connectivity index (χ0n) is 12.8. The summed E-state index contributed by atoms with van der Waals surface area (Å²) in [5.74, 6) is 0.267. The maximum atomic E-state index is 12.8. The lowest BCUT2D eigenvalue weighted by atomic mass is 10.1. The molecule has 2 aromatic carbocycles. The Hall–Kier alpha value is -2.21. The van der Waals surface area contributed by atoms with Crippen molar-refractivity contribution in [2.75, 3.05) is 11.9 Å². The summed E-state index contributed by atoms with van der Waals surface area (Å²) in [5, 5.41) is 2.03. The van der Waals surface area contributed by atoms with Gasteiger partial charge in [-0.2, -0.15) is 13.2 Å². The van der Waals surface area contributed by atoms with Crippen LogP contribution in [0.1, 0.15) is 18.1 Å². The van der Waals surface area contributed by atoms with Crippen LogP contribution in [0.15, 0.2) is 42.5 Å². The number of carbonyl (C=O) groups is 1. The van der Waals surface area contributed by atoms with E-state index in [-0.39, 0.29) is 12.1 Å². The van der Waals surface area contributed by atoms with E-state index in [0.29, 0.717) is 12.4 Å². The number of hydrogen-bond acceptors (Lipinski definition) is 2. The minimum atomic E-state index is -4.58. The number of rotatable bonds is 5. The molecule has 0 radical (unpaired) electrons. The van der Waals surface area contributed by atoms with Crippen LogP contribution >= 0.6 is 11.6 Å². The number of benzene rings is 2. The van der Waals surface area contributed by atoms with Crippen molar-refractivity contribution in [1.29, 1.82) is 0 Å². The van der Waals surface area contributed by atoms with Crippen molar-refractivity contribution < 1.29 is 22.7 Å². The van der Waals surface area contributed by atoms with Crippen LogP contribution in [-0.2, 0) is 17.4 Å². The second-order valence-corrected chi connectivity index (χ2v) is 5.40. The summed E-state index contributed by atoms with van der Waals surface area (Å²) in [7, 11) is 0. The van der Waals surface area contributed by atoms with Crippen LogP contribution in [0.25, 0.3) is 0 Å². The van der Waals surface area contributed by atoms with E-state index in [4.69, 9.17) is 16.3 Å². The summed E-state index contributed by atoms with van der Waals surface area (Å²) >= 11 is 5.54. The lowest BCUT2D eigenvalue weighted by molar-refractivity contribution is -0.137. The maximum Gasteiger partial charge on any atom is 0.417 e. The Kier molecular flexibility index (Phi) is 5.72. The smallest absolute Gasteiger partial charge is 0.417 e. The van der Waals surface area contributed by atoms with E-state index >= 15 is 0 Å². The molecule has 0 saturated heterocycles. The molecule has 0 saturated carbocycles. The first-order valence-corrected chi connectivity index (χ1v) is 7.55. The number of hydrogen-bond donors (Lipinski definition) is 1. The Labute approximate surface area is 142 Å². The summed E-state index contributed by atoms with van der Waals surface area (Å²) < 4.78 is 43.7. The number of alkyl halides is 3. The molecule has 0 spiro atoms. The molecule has 2 aromatic rings. The van der Waals surface area contributed by atoms with Gasteiger partial charge in [-0.1, -0.05) is 23.7 Å². The minimum Gasteiger partial charge on any atom is -0.494 e. The monoisotopic (exact) mass is 357 g/mol. The van der Waals surface area contributed by atoms with Crippen molar-refractivity contribution in [3.8, 4) is 5.75 Å². The predicted octanol–water partition coefficient (Wildman–Crippen LogP) is 4.94. The first-order valence-electron chi connectivity index (χ1n) is 7.18. The highest BCUT2D eigenvalue weighted by Gasteiger charge is 2.33. The normalized spacial score (nSPS) is 11.2. The van der Waals surface area contributed by atoms with Crippen LogP contribution in [-0.4, -0.2) is 12.5 Å². The fourth-order valence-electron chi connectivity index (χ4n) is 2.08. The molecule has 2 rings (SSSR count). The van der Waals surface area contributed by atoms with Crippen LogP contribution in [0.4, 0.5) is 18.9 Å². The van der Waals surface area contributed by atoms with Gasteiger partial charge in [-0.15, -0.1) is 0 Å². The van der Waals surface area contributed by atoms with E-state index in [1.54, 1.807) is 24.3 Å². The minimum absolute atomic E-state index is 0.0381. The van der Waals surface area contributed by atoms with Gasteiger partial charge < -0.3 is 10.1 Å². The first kappa shape index (κ1) is 18.1. The SMILES string of the molecule is CCOc1ccc(CC(=O)Nc2ccc(Cl)c(C(F)(F)F)c2)cc1. The quantitative estimate of drug-likeness (QED) is 0.823. The highest BCUT2D eigenvalue weighted by atomic mass is 35.5. The number of nitrogens with one attached hydrogen (secondary N) is 1. The van der Waals surface area contributed by atoms with Crippen molar-refractivity contribution in [3.63, 3.8) is 0 Å². The van der Waals surface area contributed by atoms with Gasteiger partial charge in [-0.25, -0.2) is 0 Å². The Morgan fingerprint density at radius 3 is 2.42 bits per heavy atom. The summed E-state index contributed by atoms with van der Waals surface area (Å²) in [4.78, 5) is 12.0. The standard InChI is InChI=1S/C17H15ClF3NO2/c1-2-24-13-6-3-11(4-7-13)9-16(23)22-12-5-8-15(18)14(10-12)17(19,20)21/h3-8,10H,2,9H2,1H3,(H,22,23). The van der Waals surface area contributed by atoms with Crippen molar-refractivity contribution in [2.45, 2.75) is 19.5 Å². The topological polar surface area (TPSA) is 38.3 Å². The number of halogens is 4. The number of anilines is 1. The molecule has 1 N–H and O–H groups in total. The van der Waals surface area contributed by atoms with Gasteiger partial charge in [0.1, 0.15) is 5.75 Å². The number of amides is 1. The predicted molar refractivity (Wildman–Crippen MR) is 86.4 cm³/mol. The average Bonchev–Trinajstić information content (AvgIpc) is 2.50. The van der Waals surface area contributed by atoms with Crippen LogP contribution < -0.4 is 10.1 Å². The van der Waals surface area contributed by atoms with E-state index in [2.05, 4.69) is 5.32 Å². The third-order valence-corrected chi connectivity index (χ3v) is 3.48. The first-order chi connectivity index (χ1) is 11.3. The fraction of sp³-hybridized carbons (Fsp3) is 0.235. The zero-order valence-corrected chi connectivity index (χ0v) is 13.5. The second kappa shape index (κ2) is 7.57. The molecular formula is C17H15ClF3NO2. The largest absolute Gasteiger partial charge is 0.494 e. The lowest BCUT2D eigenvalue weighted by Crippen LogP contribution is -2.15. The summed E-state index contributed by atoms with van der Waals surface area (Å²) in [5.41, 5.74) is -0.216. The molecule has 0 atom stereocenters. The van der Waals surface area contributed by atoms with Crippen LogP contribution in [0.5, 0.6) is 5.75 Å². The Balaban J connectivity index is 2.04. The molecule has 0 aromatic heterocycles. The molecule has 0 fully saturated rings. The van der Waals surface area contributed by atoms with E-state index in [1.807, 2.05) is 6.92 Å². The van der Waals surface area contributed by atoms with Crippen LogP contribution in [0.3, 0.4) is 0 Å². The van der Waals surface area contributed by atoms with Gasteiger partial charge in [0.05, 0.1) is 23.6 Å². The third kappa shape index (κ3) is 4.89. The van der Waals surface area contributed by atoms with Gasteiger partial charge in [0, 0.05) is 5.69 Å². The van der Waals surface area contributed by atoms with E-state index in [9.17, 15) is 18.0 Å². The van der Waals surface area contributed by atoms with E-state index in [1.165, 1.54) is 6.07 Å². The Bertz CT molecular complexity index is 715. The van der Waals surface area contributed by atoms with Gasteiger partial charge in [0.15, 0.2) is 0 Å². The highest BCUT2D eigenvalue weighted by molar-refractivity contribution is 6.31. The molecule has 0 unspecified atom stereocenters. The molecule has 1 amide bonds. The van der Waals surface area contributed by atoms with Gasteiger partial charge in [0.2, 0.25) is 5.91 Å². The molecule has 0 aliphatic rings. The highest BCUT2D eigenvalue weighted by Crippen LogP contribution is 2.36. The molecule has 0 bridgehead atoms. The van der Waals surface area contributed by atoms with Gasteiger partial charge in [0.25, 0.3) is 0 Å². The third-order valence-electron chi connectivity index (χ3n) is 3.15. The van der Waals surface area contributed by atoms with Crippen LogP contribution in [0.2, 0.25) is 5.02 Å². The Morgan fingerprint density at radius 1 is 1.17 bits per heavy atom. The van der Waals surface area contributed by atoms with E-state index < -0.39 is 22.7 Å². The van der Waals surface area contributed by atoms with Gasteiger partial charge in [-0.05, 0) is 42.8 Å². The fourth-order valence-corrected chi connectivity index (χ4v) is 2.31. The molecule has 3 nitrogen and oxygen atoms in total. The number of ether oxygens (including phenoxy) is 1. The second-order valence-electron chi connectivity index (χ2n) is 4.99. The lowest BCUT2D eigenvalue weighted by Gasteiger charge is -2.12. The van der Waals surface area contributed by atoms with Crippen molar-refractivity contribution in [1.82, 2.24) is 0 Å². The van der Waals surface area contributed by atoms with Crippen molar-refractivity contribution in [2.24, 2.45) is 0 Å². The molecule has 128 valence electrons. The maximum absolute atomic E-state index is 12.8. The number of carbonyl (C=O) groups excluding carboxylic acids is 1. The Morgan fingerprint density at radius 2 is 1.83 bits per heavy atom. The van der Waals surface area contributed by atoms with Gasteiger partial charge >= 0.3 is 6.18 Å². The average molecular weight is 358 g/mol. The van der Waals surface area contributed by atoms with Crippen molar-refractivity contribution >= 4 is 23.2 Å². The zero-order chi connectivity index (χ0) is 17.7. The molecule has 24 heavy (non-hydrogen) atoms. The molecule has 7 heteroatoms. The van der Waals surface area contributed by atoms with Gasteiger partial charge in [-0.3, -0.25) is 4.79 Å². The molecule has 0 aliphatic carbocycles. The van der Waals surface area contributed by atoms with Crippen LogP contribution in [0, 0.1) is 0 Å². The molecular weight excluding hydrogens is 343 g/mol. The van der Waals surface area contributed by atoms with E-state index in [0.717, 1.165) is 17.7 Å². The molecule has 0 heterocycles. The molecule has 0 aliphatic heterocycles. The summed E-state index contributed by atoms with van der Waals surface area (Å²) in [6, 6.07) is 10.2. The summed E-state index contributed by atoms with van der Waals surface area (Å²) in [6.07, 6.45) is -4.54. The summed E-state index contributed by atoms with van der Waals surface area (Å²) in [6.45, 7) is 2.40. The van der Waals surface area contributed by atoms with Crippen molar-refractivity contribution in [3.05, 3.63) is 58.6 Å².